The molecule has 0 amide bonds. The van der Waals surface area contributed by atoms with Crippen molar-refractivity contribution in [3.63, 3.8) is 0 Å². The molecule has 1 aromatic carbocycles. The molecule has 3 heteroatoms. The van der Waals surface area contributed by atoms with Gasteiger partial charge < -0.3 is 9.47 Å². The molecule has 0 heterocycles. The van der Waals surface area contributed by atoms with E-state index in [4.69, 9.17) is 14.7 Å². The lowest BCUT2D eigenvalue weighted by atomic mass is 10.2. The van der Waals surface area contributed by atoms with Crippen LogP contribution in [0.25, 0.3) is 0 Å². The van der Waals surface area contributed by atoms with E-state index >= 15 is 0 Å². The van der Waals surface area contributed by atoms with Gasteiger partial charge in [-0.25, -0.2) is 0 Å². The van der Waals surface area contributed by atoms with Crippen LogP contribution in [-0.2, 0) is 0 Å². The van der Waals surface area contributed by atoms with E-state index in [1.165, 1.54) is 0 Å². The Morgan fingerprint density at radius 2 is 2.13 bits per heavy atom. The fourth-order valence-corrected chi connectivity index (χ4v) is 1.16. The van der Waals surface area contributed by atoms with E-state index in [1.807, 2.05) is 0 Å². The molecule has 0 unspecified atom stereocenters. The van der Waals surface area contributed by atoms with Crippen molar-refractivity contribution in [2.75, 3.05) is 13.7 Å². The highest BCUT2D eigenvalue weighted by Crippen LogP contribution is 2.30. The number of ether oxygens (including phenoxy) is 2. The maximum absolute atomic E-state index is 8.92. The van der Waals surface area contributed by atoms with Crippen LogP contribution in [0.4, 0.5) is 0 Å². The molecule has 1 aromatic rings. The van der Waals surface area contributed by atoms with Gasteiger partial charge in [0.2, 0.25) is 0 Å². The average Bonchev–Trinajstić information content (AvgIpc) is 2.25. The minimum absolute atomic E-state index is 0.418. The Morgan fingerprint density at radius 3 is 2.67 bits per heavy atom. The van der Waals surface area contributed by atoms with Gasteiger partial charge in [0.05, 0.1) is 19.3 Å². The number of para-hydroxylation sites is 1. The van der Waals surface area contributed by atoms with E-state index in [1.54, 1.807) is 25.3 Å². The van der Waals surface area contributed by atoms with Gasteiger partial charge in [-0.15, -0.1) is 0 Å². The monoisotopic (exact) mass is 205 g/mol. The lowest BCUT2D eigenvalue weighted by Gasteiger charge is -2.13. The number of methoxy groups -OCH3 is 1. The van der Waals surface area contributed by atoms with E-state index in [9.17, 15) is 0 Å². The number of nitrogens with zero attached hydrogens (tertiary/aromatic N) is 1. The van der Waals surface area contributed by atoms with Crippen LogP contribution in [0.2, 0.25) is 0 Å². The van der Waals surface area contributed by atoms with Crippen molar-refractivity contribution in [1.82, 2.24) is 0 Å². The molecule has 0 aliphatic carbocycles. The third-order valence-electron chi connectivity index (χ3n) is 1.88. The minimum atomic E-state index is 0.418. The zero-order valence-electron chi connectivity index (χ0n) is 9.28. The molecule has 0 aromatic heterocycles. The quantitative estimate of drug-likeness (QED) is 0.758. The van der Waals surface area contributed by atoms with Crippen LogP contribution in [0.3, 0.4) is 0 Å². The number of nitriles is 1. The van der Waals surface area contributed by atoms with Gasteiger partial charge in [0.25, 0.3) is 0 Å². The first-order valence-corrected chi connectivity index (χ1v) is 4.89. The van der Waals surface area contributed by atoms with Gasteiger partial charge in [0, 0.05) is 0 Å². The van der Waals surface area contributed by atoms with Crippen molar-refractivity contribution >= 4 is 0 Å². The largest absolute Gasteiger partial charge is 0.493 e. The lowest BCUT2D eigenvalue weighted by Crippen LogP contribution is -2.06. The SMILES string of the molecule is COc1cccc(C#N)c1OCC(C)C. The second kappa shape index (κ2) is 5.26. The first-order chi connectivity index (χ1) is 7.19. The van der Waals surface area contributed by atoms with Crippen molar-refractivity contribution in [3.8, 4) is 17.6 Å². The first-order valence-electron chi connectivity index (χ1n) is 4.89. The molecule has 1 rings (SSSR count). The summed E-state index contributed by atoms with van der Waals surface area (Å²) >= 11 is 0. The molecule has 15 heavy (non-hydrogen) atoms. The predicted molar refractivity (Wildman–Crippen MR) is 58.0 cm³/mol. The standard InChI is InChI=1S/C12H15NO2/c1-9(2)8-15-12-10(7-13)5-4-6-11(12)14-3/h4-6,9H,8H2,1-3H3. The maximum atomic E-state index is 8.92. The molecule has 0 bridgehead atoms. The fraction of sp³-hybridized carbons (Fsp3) is 0.417. The second-order valence-corrected chi connectivity index (χ2v) is 3.65. The van der Waals surface area contributed by atoms with Crippen LogP contribution in [-0.4, -0.2) is 13.7 Å². The van der Waals surface area contributed by atoms with Gasteiger partial charge in [-0.1, -0.05) is 19.9 Å². The average molecular weight is 205 g/mol. The summed E-state index contributed by atoms with van der Waals surface area (Å²) in [5, 5.41) is 8.92. The molecule has 0 aliphatic heterocycles. The summed E-state index contributed by atoms with van der Waals surface area (Å²) in [6, 6.07) is 7.38. The summed E-state index contributed by atoms with van der Waals surface area (Å²) in [5.41, 5.74) is 0.509. The summed E-state index contributed by atoms with van der Waals surface area (Å²) in [6.07, 6.45) is 0. The van der Waals surface area contributed by atoms with Crippen molar-refractivity contribution in [3.05, 3.63) is 23.8 Å². The van der Waals surface area contributed by atoms with E-state index < -0.39 is 0 Å². The summed E-state index contributed by atoms with van der Waals surface area (Å²) in [5.74, 6) is 1.56. The normalized spacial score (nSPS) is 9.80. The Hall–Kier alpha value is -1.69. The van der Waals surface area contributed by atoms with Crippen molar-refractivity contribution in [2.45, 2.75) is 13.8 Å². The van der Waals surface area contributed by atoms with Gasteiger partial charge >= 0.3 is 0 Å². The molecule has 0 saturated heterocycles. The molecule has 0 aliphatic rings. The Kier molecular flexibility index (Phi) is 3.99. The Labute approximate surface area is 90.2 Å². The van der Waals surface area contributed by atoms with Crippen LogP contribution < -0.4 is 9.47 Å². The third-order valence-corrected chi connectivity index (χ3v) is 1.88. The number of hydrogen-bond acceptors (Lipinski definition) is 3. The van der Waals surface area contributed by atoms with Crippen LogP contribution in [0.15, 0.2) is 18.2 Å². The molecule has 0 radical (unpaired) electrons. The Morgan fingerprint density at radius 1 is 1.40 bits per heavy atom. The fourth-order valence-electron chi connectivity index (χ4n) is 1.16. The van der Waals surface area contributed by atoms with Gasteiger partial charge in [0.1, 0.15) is 6.07 Å². The molecular formula is C12H15NO2. The van der Waals surface area contributed by atoms with Crippen molar-refractivity contribution in [2.24, 2.45) is 5.92 Å². The van der Waals surface area contributed by atoms with Crippen LogP contribution >= 0.6 is 0 Å². The zero-order valence-corrected chi connectivity index (χ0v) is 9.28. The van der Waals surface area contributed by atoms with Gasteiger partial charge in [-0.05, 0) is 18.1 Å². The number of hydrogen-bond donors (Lipinski definition) is 0. The molecular weight excluding hydrogens is 190 g/mol. The Balaban J connectivity index is 2.96. The molecule has 3 nitrogen and oxygen atoms in total. The van der Waals surface area contributed by atoms with E-state index in [-0.39, 0.29) is 0 Å². The van der Waals surface area contributed by atoms with Crippen LogP contribution in [0.1, 0.15) is 19.4 Å². The summed E-state index contributed by atoms with van der Waals surface area (Å²) < 4.78 is 10.7. The lowest BCUT2D eigenvalue weighted by molar-refractivity contribution is 0.256. The van der Waals surface area contributed by atoms with E-state index in [2.05, 4.69) is 19.9 Å². The Bertz CT molecular complexity index is 366. The summed E-state index contributed by atoms with van der Waals surface area (Å²) in [4.78, 5) is 0. The third kappa shape index (κ3) is 2.88. The summed E-state index contributed by atoms with van der Waals surface area (Å²) in [7, 11) is 1.57. The second-order valence-electron chi connectivity index (χ2n) is 3.65. The van der Waals surface area contributed by atoms with Crippen LogP contribution in [0.5, 0.6) is 11.5 Å². The highest BCUT2D eigenvalue weighted by atomic mass is 16.5. The smallest absolute Gasteiger partial charge is 0.178 e. The first kappa shape index (κ1) is 11.4. The molecule has 0 fully saturated rings. The molecule has 80 valence electrons. The van der Waals surface area contributed by atoms with Crippen molar-refractivity contribution in [1.29, 1.82) is 5.26 Å². The van der Waals surface area contributed by atoms with Gasteiger partial charge in [-0.2, -0.15) is 5.26 Å². The predicted octanol–water partition coefficient (Wildman–Crippen LogP) is 2.60. The van der Waals surface area contributed by atoms with Crippen LogP contribution in [0, 0.1) is 17.2 Å². The highest BCUT2D eigenvalue weighted by molar-refractivity contribution is 5.52. The molecule has 0 saturated carbocycles. The number of rotatable bonds is 4. The summed E-state index contributed by atoms with van der Waals surface area (Å²) in [6.45, 7) is 4.69. The zero-order chi connectivity index (χ0) is 11.3. The maximum Gasteiger partial charge on any atom is 0.178 e. The van der Waals surface area contributed by atoms with Gasteiger partial charge in [0.15, 0.2) is 11.5 Å². The number of benzene rings is 1. The van der Waals surface area contributed by atoms with E-state index in [0.717, 1.165) is 0 Å². The van der Waals surface area contributed by atoms with E-state index in [0.29, 0.717) is 29.6 Å². The minimum Gasteiger partial charge on any atom is -0.493 e. The topological polar surface area (TPSA) is 42.2 Å². The highest BCUT2D eigenvalue weighted by Gasteiger charge is 2.10. The molecule has 0 atom stereocenters. The molecule has 0 spiro atoms. The van der Waals surface area contributed by atoms with Gasteiger partial charge in [-0.3, -0.25) is 0 Å². The molecule has 0 N–H and O–H groups in total. The van der Waals surface area contributed by atoms with Crippen molar-refractivity contribution < 1.29 is 9.47 Å².